The van der Waals surface area contributed by atoms with Gasteiger partial charge in [-0.15, -0.1) is 11.3 Å². The zero-order chi connectivity index (χ0) is 14.5. The lowest BCUT2D eigenvalue weighted by atomic mass is 10.2. The normalized spacial score (nSPS) is 12.2. The maximum atomic E-state index is 12.0. The van der Waals surface area contributed by atoms with Crippen LogP contribution in [0.15, 0.2) is 41.8 Å². The molecule has 1 atom stereocenters. The Hall–Kier alpha value is -1.95. The molecule has 1 aromatic heterocycles. The number of rotatable bonds is 5. The fourth-order valence-electron chi connectivity index (χ4n) is 1.68. The Morgan fingerprint density at radius 2 is 1.95 bits per heavy atom. The first-order valence-corrected chi connectivity index (χ1v) is 6.83. The van der Waals surface area contributed by atoms with Crippen molar-refractivity contribution >= 4 is 17.2 Å². The Bertz CT molecular complexity index is 555. The number of ether oxygens (including phenoxy) is 1. The molecule has 0 spiro atoms. The predicted octanol–water partition coefficient (Wildman–Crippen LogP) is 3.84. The highest BCUT2D eigenvalue weighted by Crippen LogP contribution is 2.19. The Kier molecular flexibility index (Phi) is 4.68. The minimum absolute atomic E-state index is 0.0304. The van der Waals surface area contributed by atoms with Gasteiger partial charge < -0.3 is 10.1 Å². The van der Waals surface area contributed by atoms with Crippen LogP contribution in [0.25, 0.3) is 0 Å². The van der Waals surface area contributed by atoms with Gasteiger partial charge in [-0.3, -0.25) is 4.79 Å². The summed E-state index contributed by atoms with van der Waals surface area (Å²) in [5.74, 6) is -0.225. The van der Waals surface area contributed by atoms with Crippen LogP contribution in [0.4, 0.5) is 8.78 Å². The number of nitrogens with one attached hydrogen (secondary N) is 1. The minimum atomic E-state index is -2.87. The van der Waals surface area contributed by atoms with Crippen LogP contribution in [-0.4, -0.2) is 12.5 Å². The molecule has 0 bridgehead atoms. The van der Waals surface area contributed by atoms with Crippen molar-refractivity contribution in [1.82, 2.24) is 5.32 Å². The lowest BCUT2D eigenvalue weighted by Gasteiger charge is -2.12. The van der Waals surface area contributed by atoms with E-state index in [-0.39, 0.29) is 17.7 Å². The summed E-state index contributed by atoms with van der Waals surface area (Å²) in [6.45, 7) is -0.980. The topological polar surface area (TPSA) is 38.3 Å². The molecule has 3 nitrogen and oxygen atoms in total. The summed E-state index contributed by atoms with van der Waals surface area (Å²) in [4.78, 5) is 13.0. The summed E-state index contributed by atoms with van der Waals surface area (Å²) < 4.78 is 28.2. The van der Waals surface area contributed by atoms with E-state index in [4.69, 9.17) is 0 Å². The molecule has 0 saturated carbocycles. The number of carbonyl (C=O) groups is 1. The molecule has 0 aliphatic carbocycles. The summed E-state index contributed by atoms with van der Waals surface area (Å²) in [7, 11) is 0. The molecule has 0 aliphatic rings. The van der Waals surface area contributed by atoms with E-state index in [1.807, 2.05) is 24.4 Å². The van der Waals surface area contributed by atoms with Gasteiger partial charge in [0.05, 0.1) is 6.04 Å². The fraction of sp³-hybridized carbons (Fsp3) is 0.214. The van der Waals surface area contributed by atoms with Crippen molar-refractivity contribution in [2.75, 3.05) is 0 Å². The number of hydrogen-bond acceptors (Lipinski definition) is 3. The molecule has 106 valence electrons. The zero-order valence-corrected chi connectivity index (χ0v) is 11.5. The Balaban J connectivity index is 1.99. The highest BCUT2D eigenvalue weighted by Gasteiger charge is 2.12. The van der Waals surface area contributed by atoms with E-state index in [9.17, 15) is 13.6 Å². The molecule has 1 aromatic carbocycles. The molecule has 6 heteroatoms. The smallest absolute Gasteiger partial charge is 0.387 e. The summed E-state index contributed by atoms with van der Waals surface area (Å²) in [6, 6.07) is 9.35. The van der Waals surface area contributed by atoms with Gasteiger partial charge in [-0.25, -0.2) is 0 Å². The molecule has 0 fully saturated rings. The lowest BCUT2D eigenvalue weighted by Crippen LogP contribution is -2.26. The van der Waals surface area contributed by atoms with E-state index in [1.165, 1.54) is 24.3 Å². The van der Waals surface area contributed by atoms with Crippen molar-refractivity contribution in [3.63, 3.8) is 0 Å². The van der Waals surface area contributed by atoms with Gasteiger partial charge in [0.15, 0.2) is 0 Å². The molecule has 0 radical (unpaired) electrons. The Labute approximate surface area is 119 Å². The maximum Gasteiger partial charge on any atom is 0.387 e. The molecular weight excluding hydrogens is 284 g/mol. The average Bonchev–Trinajstić information content (AvgIpc) is 2.92. The largest absolute Gasteiger partial charge is 0.435 e. The van der Waals surface area contributed by atoms with Crippen LogP contribution in [0, 0.1) is 0 Å². The molecule has 2 aromatic rings. The van der Waals surface area contributed by atoms with Crippen molar-refractivity contribution in [2.24, 2.45) is 0 Å². The molecule has 2 rings (SSSR count). The van der Waals surface area contributed by atoms with Gasteiger partial charge in [0.2, 0.25) is 0 Å². The van der Waals surface area contributed by atoms with Crippen molar-refractivity contribution in [2.45, 2.75) is 19.6 Å². The van der Waals surface area contributed by atoms with Crippen LogP contribution >= 0.6 is 11.3 Å². The molecule has 1 amide bonds. The number of thiophene rings is 1. The summed E-state index contributed by atoms with van der Waals surface area (Å²) in [6.07, 6.45) is 0. The van der Waals surface area contributed by atoms with Crippen LogP contribution in [-0.2, 0) is 0 Å². The monoisotopic (exact) mass is 297 g/mol. The molecule has 0 aliphatic heterocycles. The number of carbonyl (C=O) groups excluding carboxylic acids is 1. The SMILES string of the molecule is C[C@@H](NC(=O)c1ccc(OC(F)F)cc1)c1cccs1. The molecule has 0 unspecified atom stereocenters. The third kappa shape index (κ3) is 3.77. The Morgan fingerprint density at radius 3 is 2.50 bits per heavy atom. The average molecular weight is 297 g/mol. The third-order valence-corrected chi connectivity index (χ3v) is 3.71. The van der Waals surface area contributed by atoms with Gasteiger partial charge in [-0.1, -0.05) is 6.07 Å². The number of benzene rings is 1. The summed E-state index contributed by atoms with van der Waals surface area (Å²) in [5, 5.41) is 4.78. The van der Waals surface area contributed by atoms with E-state index in [2.05, 4.69) is 10.1 Å². The second-order valence-corrected chi connectivity index (χ2v) is 5.09. The van der Waals surface area contributed by atoms with Crippen LogP contribution in [0.1, 0.15) is 28.2 Å². The first kappa shape index (κ1) is 14.5. The van der Waals surface area contributed by atoms with Gasteiger partial charge in [0, 0.05) is 10.4 Å². The van der Waals surface area contributed by atoms with Gasteiger partial charge in [-0.2, -0.15) is 8.78 Å². The molecule has 20 heavy (non-hydrogen) atoms. The van der Waals surface area contributed by atoms with Gasteiger partial charge in [0.25, 0.3) is 5.91 Å². The second kappa shape index (κ2) is 6.47. The molecule has 1 N–H and O–H groups in total. The van der Waals surface area contributed by atoms with Crippen molar-refractivity contribution in [3.05, 3.63) is 52.2 Å². The van der Waals surface area contributed by atoms with Crippen molar-refractivity contribution in [3.8, 4) is 5.75 Å². The maximum absolute atomic E-state index is 12.0. The van der Waals surface area contributed by atoms with Crippen LogP contribution in [0.5, 0.6) is 5.75 Å². The second-order valence-electron chi connectivity index (χ2n) is 4.11. The van der Waals surface area contributed by atoms with Crippen molar-refractivity contribution < 1.29 is 18.3 Å². The van der Waals surface area contributed by atoms with Gasteiger partial charge in [0.1, 0.15) is 5.75 Å². The third-order valence-electron chi connectivity index (χ3n) is 2.66. The summed E-state index contributed by atoms with van der Waals surface area (Å²) in [5.41, 5.74) is 0.398. The lowest BCUT2D eigenvalue weighted by molar-refractivity contribution is -0.0498. The van der Waals surface area contributed by atoms with Crippen LogP contribution < -0.4 is 10.1 Å². The highest BCUT2D eigenvalue weighted by molar-refractivity contribution is 7.10. The number of alkyl halides is 2. The van der Waals surface area contributed by atoms with E-state index in [0.29, 0.717) is 5.56 Å². The molecule has 1 heterocycles. The molecule has 0 saturated heterocycles. The van der Waals surface area contributed by atoms with Gasteiger partial charge >= 0.3 is 6.61 Å². The number of hydrogen-bond donors (Lipinski definition) is 1. The highest BCUT2D eigenvalue weighted by atomic mass is 32.1. The van der Waals surface area contributed by atoms with Crippen molar-refractivity contribution in [1.29, 1.82) is 0 Å². The summed E-state index contributed by atoms with van der Waals surface area (Å²) >= 11 is 1.56. The van der Waals surface area contributed by atoms with Crippen LogP contribution in [0.3, 0.4) is 0 Å². The zero-order valence-electron chi connectivity index (χ0n) is 10.7. The van der Waals surface area contributed by atoms with E-state index in [1.54, 1.807) is 11.3 Å². The van der Waals surface area contributed by atoms with Gasteiger partial charge in [-0.05, 0) is 42.6 Å². The minimum Gasteiger partial charge on any atom is -0.435 e. The number of amides is 1. The molecular formula is C14H13F2NO2S. The fourth-order valence-corrected chi connectivity index (χ4v) is 2.41. The number of halogens is 2. The van der Waals surface area contributed by atoms with E-state index >= 15 is 0 Å². The van der Waals surface area contributed by atoms with E-state index in [0.717, 1.165) is 4.88 Å². The van der Waals surface area contributed by atoms with Crippen LogP contribution in [0.2, 0.25) is 0 Å². The van der Waals surface area contributed by atoms with E-state index < -0.39 is 6.61 Å². The predicted molar refractivity (Wildman–Crippen MR) is 73.3 cm³/mol. The first-order valence-electron chi connectivity index (χ1n) is 5.95. The Morgan fingerprint density at radius 1 is 1.25 bits per heavy atom. The quantitative estimate of drug-likeness (QED) is 0.910. The first-order chi connectivity index (χ1) is 9.56. The standard InChI is InChI=1S/C14H13F2NO2S/c1-9(12-3-2-8-20-12)17-13(18)10-4-6-11(7-5-10)19-14(15)16/h2-9,14H,1H3,(H,17,18)/t9-/m1/s1.